The van der Waals surface area contributed by atoms with Crippen LogP contribution in [0.4, 0.5) is 0 Å². The number of nitrogens with two attached hydrogens (primary N) is 1. The molecule has 0 spiro atoms. The van der Waals surface area contributed by atoms with Gasteiger partial charge in [-0.15, -0.1) is 0 Å². The van der Waals surface area contributed by atoms with Gasteiger partial charge in [0.25, 0.3) is 0 Å². The molecule has 88 valence electrons. The molecule has 0 saturated carbocycles. The van der Waals surface area contributed by atoms with Crippen LogP contribution in [0.2, 0.25) is 0 Å². The predicted octanol–water partition coefficient (Wildman–Crippen LogP) is 0.187. The van der Waals surface area contributed by atoms with Crippen LogP contribution in [-0.2, 0) is 4.74 Å². The van der Waals surface area contributed by atoms with Crippen molar-refractivity contribution in [1.29, 1.82) is 0 Å². The summed E-state index contributed by atoms with van der Waals surface area (Å²) in [6.07, 6.45) is 3.03. The molecule has 3 N–H and O–H groups in total. The van der Waals surface area contributed by atoms with Crippen molar-refractivity contribution in [3.63, 3.8) is 0 Å². The maximum Gasteiger partial charge on any atom is 0.169 e. The number of thioether (sulfide) groups is 1. The van der Waals surface area contributed by atoms with E-state index >= 15 is 0 Å². The molecular formula is C9H19N3O2S. The fraction of sp³-hybridized carbons (Fsp3) is 0.889. The number of ether oxygens (including phenoxy) is 1. The maximum atomic E-state index is 8.55. The van der Waals surface area contributed by atoms with Crippen molar-refractivity contribution in [3.05, 3.63) is 0 Å². The minimum absolute atomic E-state index is 0.171. The summed E-state index contributed by atoms with van der Waals surface area (Å²) in [5.41, 5.74) is 5.51. The van der Waals surface area contributed by atoms with E-state index in [9.17, 15) is 0 Å². The van der Waals surface area contributed by atoms with Crippen LogP contribution in [0.25, 0.3) is 0 Å². The zero-order chi connectivity index (χ0) is 11.1. The predicted molar refractivity (Wildman–Crippen MR) is 62.6 cm³/mol. The quantitative estimate of drug-likeness (QED) is 0.233. The number of nitrogens with zero attached hydrogens (tertiary/aromatic N) is 2. The molecule has 1 heterocycles. The summed E-state index contributed by atoms with van der Waals surface area (Å²) in [5, 5.41) is 11.5. The second kappa shape index (κ2) is 6.92. The van der Waals surface area contributed by atoms with Crippen LogP contribution in [0.15, 0.2) is 5.16 Å². The molecule has 0 bridgehead atoms. The van der Waals surface area contributed by atoms with Gasteiger partial charge < -0.3 is 15.7 Å². The van der Waals surface area contributed by atoms with Crippen molar-refractivity contribution in [1.82, 2.24) is 4.90 Å². The molecule has 1 aliphatic heterocycles. The Morgan fingerprint density at radius 1 is 1.73 bits per heavy atom. The van der Waals surface area contributed by atoms with Gasteiger partial charge >= 0.3 is 0 Å². The summed E-state index contributed by atoms with van der Waals surface area (Å²) < 4.78 is 5.40. The number of hydrogen-bond acceptors (Lipinski definition) is 5. The monoisotopic (exact) mass is 233 g/mol. The molecule has 1 atom stereocenters. The van der Waals surface area contributed by atoms with Gasteiger partial charge in [0.2, 0.25) is 0 Å². The van der Waals surface area contributed by atoms with Gasteiger partial charge in [0.15, 0.2) is 5.84 Å². The lowest BCUT2D eigenvalue weighted by Gasteiger charge is -2.32. The second-order valence-corrected chi connectivity index (χ2v) is 4.52. The first-order chi connectivity index (χ1) is 7.27. The van der Waals surface area contributed by atoms with Crippen molar-refractivity contribution in [3.8, 4) is 0 Å². The van der Waals surface area contributed by atoms with E-state index in [1.165, 1.54) is 12.2 Å². The number of amidine groups is 1. The molecule has 0 aromatic rings. The van der Waals surface area contributed by atoms with Crippen molar-refractivity contribution >= 4 is 17.6 Å². The molecule has 1 fully saturated rings. The largest absolute Gasteiger partial charge is 0.409 e. The molecule has 0 amide bonds. The maximum absolute atomic E-state index is 8.55. The molecule has 1 unspecified atom stereocenters. The first-order valence-corrected chi connectivity index (χ1v) is 6.47. The topological polar surface area (TPSA) is 71.1 Å². The van der Waals surface area contributed by atoms with Gasteiger partial charge in [-0.2, -0.15) is 11.8 Å². The Hall–Kier alpha value is -0.460. The number of morpholine rings is 1. The molecular weight excluding hydrogens is 214 g/mol. The van der Waals surface area contributed by atoms with Gasteiger partial charge in [0.05, 0.1) is 6.61 Å². The van der Waals surface area contributed by atoms with E-state index in [0.29, 0.717) is 6.61 Å². The SMILES string of the molecule is CSCCCN1CCOC(C(N)=NO)C1. The van der Waals surface area contributed by atoms with E-state index in [0.717, 1.165) is 19.6 Å². The van der Waals surface area contributed by atoms with Crippen LogP contribution in [0.5, 0.6) is 0 Å². The highest BCUT2D eigenvalue weighted by Gasteiger charge is 2.23. The van der Waals surface area contributed by atoms with Crippen LogP contribution in [0, 0.1) is 0 Å². The molecule has 1 aliphatic rings. The van der Waals surface area contributed by atoms with Crippen molar-refractivity contribution in [2.75, 3.05) is 38.2 Å². The van der Waals surface area contributed by atoms with Gasteiger partial charge in [-0.25, -0.2) is 0 Å². The molecule has 0 aromatic heterocycles. The normalized spacial score (nSPS) is 24.3. The molecule has 1 rings (SSSR count). The summed E-state index contributed by atoms with van der Waals surface area (Å²) in [7, 11) is 0. The van der Waals surface area contributed by atoms with E-state index in [1.807, 2.05) is 11.8 Å². The van der Waals surface area contributed by atoms with Crippen LogP contribution < -0.4 is 5.73 Å². The summed E-state index contributed by atoms with van der Waals surface area (Å²) in [4.78, 5) is 2.29. The Balaban J connectivity index is 2.29. The minimum atomic E-state index is -0.252. The Morgan fingerprint density at radius 2 is 2.53 bits per heavy atom. The zero-order valence-electron chi connectivity index (χ0n) is 9.06. The highest BCUT2D eigenvalue weighted by atomic mass is 32.2. The van der Waals surface area contributed by atoms with Gasteiger partial charge in [-0.1, -0.05) is 5.16 Å². The third-order valence-corrected chi connectivity index (χ3v) is 3.12. The van der Waals surface area contributed by atoms with Crippen molar-refractivity contribution < 1.29 is 9.94 Å². The summed E-state index contributed by atoms with van der Waals surface area (Å²) in [6.45, 7) is 3.37. The average Bonchev–Trinajstić information content (AvgIpc) is 2.29. The Bertz CT molecular complexity index is 214. The number of hydrogen-bond donors (Lipinski definition) is 2. The summed E-state index contributed by atoms with van der Waals surface area (Å²) in [6, 6.07) is 0. The van der Waals surface area contributed by atoms with E-state index in [-0.39, 0.29) is 11.9 Å². The molecule has 6 heteroatoms. The van der Waals surface area contributed by atoms with E-state index in [4.69, 9.17) is 15.7 Å². The molecule has 0 radical (unpaired) electrons. The fourth-order valence-corrected chi connectivity index (χ4v) is 2.00. The fourth-order valence-electron chi connectivity index (χ4n) is 1.58. The highest BCUT2D eigenvalue weighted by molar-refractivity contribution is 7.98. The molecule has 1 saturated heterocycles. The smallest absolute Gasteiger partial charge is 0.169 e. The lowest BCUT2D eigenvalue weighted by Crippen LogP contribution is -2.48. The van der Waals surface area contributed by atoms with Gasteiger partial charge in [-0.05, 0) is 25.0 Å². The third kappa shape index (κ3) is 4.27. The zero-order valence-corrected chi connectivity index (χ0v) is 9.87. The van der Waals surface area contributed by atoms with Gasteiger partial charge in [-0.3, -0.25) is 4.90 Å². The molecule has 0 aliphatic carbocycles. The Morgan fingerprint density at radius 3 is 3.20 bits per heavy atom. The summed E-state index contributed by atoms with van der Waals surface area (Å²) >= 11 is 1.86. The Labute approximate surface area is 94.6 Å². The van der Waals surface area contributed by atoms with E-state index < -0.39 is 0 Å². The first kappa shape index (κ1) is 12.6. The van der Waals surface area contributed by atoms with Crippen molar-refractivity contribution in [2.45, 2.75) is 12.5 Å². The molecule has 5 nitrogen and oxygen atoms in total. The Kier molecular flexibility index (Phi) is 5.82. The number of rotatable bonds is 5. The molecule has 15 heavy (non-hydrogen) atoms. The highest BCUT2D eigenvalue weighted by Crippen LogP contribution is 2.07. The van der Waals surface area contributed by atoms with Gasteiger partial charge in [0.1, 0.15) is 6.10 Å². The number of oxime groups is 1. The summed E-state index contributed by atoms with van der Waals surface area (Å²) in [5.74, 6) is 1.34. The lowest BCUT2D eigenvalue weighted by atomic mass is 10.2. The first-order valence-electron chi connectivity index (χ1n) is 5.08. The third-order valence-electron chi connectivity index (χ3n) is 2.42. The van der Waals surface area contributed by atoms with Crippen LogP contribution in [0.3, 0.4) is 0 Å². The molecule has 0 aromatic carbocycles. The second-order valence-electron chi connectivity index (χ2n) is 3.53. The van der Waals surface area contributed by atoms with Crippen LogP contribution in [0.1, 0.15) is 6.42 Å². The minimum Gasteiger partial charge on any atom is -0.409 e. The van der Waals surface area contributed by atoms with Crippen molar-refractivity contribution in [2.24, 2.45) is 10.9 Å². The average molecular weight is 233 g/mol. The lowest BCUT2D eigenvalue weighted by molar-refractivity contribution is 0.00493. The van der Waals surface area contributed by atoms with Crippen LogP contribution >= 0.6 is 11.8 Å². The van der Waals surface area contributed by atoms with Crippen LogP contribution in [-0.4, -0.2) is 60.3 Å². The standard InChI is InChI=1S/C9H19N3O2S/c1-15-6-2-3-12-4-5-14-8(7-12)9(10)11-13/h8,13H,2-7H2,1H3,(H2,10,11). The van der Waals surface area contributed by atoms with E-state index in [1.54, 1.807) is 0 Å². The van der Waals surface area contributed by atoms with Gasteiger partial charge in [0, 0.05) is 13.1 Å². The van der Waals surface area contributed by atoms with E-state index in [2.05, 4.69) is 16.3 Å².